The van der Waals surface area contributed by atoms with Crippen molar-refractivity contribution in [3.8, 4) is 0 Å². The van der Waals surface area contributed by atoms with Gasteiger partial charge in [0.1, 0.15) is 5.82 Å². The van der Waals surface area contributed by atoms with Gasteiger partial charge >= 0.3 is 5.97 Å². The minimum atomic E-state index is -0.911. The molecule has 0 bridgehead atoms. The molecule has 0 aliphatic carbocycles. The molecule has 17 heavy (non-hydrogen) atoms. The molecule has 0 aliphatic heterocycles. The maximum absolute atomic E-state index is 10.9. The van der Waals surface area contributed by atoms with Crippen LogP contribution in [0.5, 0.6) is 0 Å². The molecule has 0 radical (unpaired) electrons. The predicted octanol–water partition coefficient (Wildman–Crippen LogP) is 3.16. The fourth-order valence-electron chi connectivity index (χ4n) is 2.03. The van der Waals surface area contributed by atoms with Gasteiger partial charge in [-0.25, -0.2) is 9.78 Å². The molecule has 1 aromatic heterocycles. The van der Waals surface area contributed by atoms with Crippen molar-refractivity contribution in [3.63, 3.8) is 0 Å². The Kier molecular flexibility index (Phi) is 3.13. The van der Waals surface area contributed by atoms with Crippen molar-refractivity contribution < 1.29 is 9.90 Å². The number of aromatic carboxylic acids is 1. The molecular weight excluding hydrogens is 216 g/mol. The van der Waals surface area contributed by atoms with Crippen molar-refractivity contribution >= 4 is 17.0 Å². The normalized spacial score (nSPS) is 11.2. The number of rotatable bonds is 4. The molecule has 0 aliphatic rings. The number of H-pyrrole nitrogens is 1. The molecule has 2 N–H and O–H groups in total. The predicted molar refractivity (Wildman–Crippen MR) is 66.4 cm³/mol. The van der Waals surface area contributed by atoms with E-state index in [0.29, 0.717) is 5.92 Å². The van der Waals surface area contributed by atoms with Gasteiger partial charge in [-0.1, -0.05) is 13.8 Å². The summed E-state index contributed by atoms with van der Waals surface area (Å²) in [6.07, 6.45) is 2.06. The fraction of sp³-hybridized carbons (Fsp3) is 0.385. The van der Waals surface area contributed by atoms with Crippen molar-refractivity contribution in [1.29, 1.82) is 0 Å². The molecule has 4 nitrogen and oxygen atoms in total. The van der Waals surface area contributed by atoms with Crippen LogP contribution in [0.25, 0.3) is 11.0 Å². The lowest BCUT2D eigenvalue weighted by atomic mass is 10.0. The number of hydrogen-bond acceptors (Lipinski definition) is 2. The third kappa shape index (κ3) is 2.16. The number of nitrogens with zero attached hydrogens (tertiary/aromatic N) is 1. The number of carboxylic acids is 1. The SMILES string of the molecule is CCC(CC)c1nc2ccc(C(=O)O)cc2[nH]1. The Hall–Kier alpha value is -1.84. The number of aromatic amines is 1. The van der Waals surface area contributed by atoms with E-state index < -0.39 is 5.97 Å². The van der Waals surface area contributed by atoms with Gasteiger partial charge in [0.25, 0.3) is 0 Å². The standard InChI is InChI=1S/C13H16N2O2/c1-3-8(4-2)12-14-10-6-5-9(13(16)17)7-11(10)15-12/h5-8H,3-4H2,1-2H3,(H,14,15)(H,16,17). The van der Waals surface area contributed by atoms with Crippen LogP contribution in [0.4, 0.5) is 0 Å². The van der Waals surface area contributed by atoms with Crippen molar-refractivity contribution in [3.05, 3.63) is 29.6 Å². The first-order chi connectivity index (χ1) is 8.15. The highest BCUT2D eigenvalue weighted by molar-refractivity contribution is 5.92. The zero-order chi connectivity index (χ0) is 12.4. The van der Waals surface area contributed by atoms with Gasteiger partial charge in [-0.05, 0) is 31.0 Å². The summed E-state index contributed by atoms with van der Waals surface area (Å²) in [4.78, 5) is 18.6. The summed E-state index contributed by atoms with van der Waals surface area (Å²) in [6.45, 7) is 4.26. The number of hydrogen-bond donors (Lipinski definition) is 2. The van der Waals surface area contributed by atoms with Gasteiger partial charge in [0.15, 0.2) is 0 Å². The first-order valence-electron chi connectivity index (χ1n) is 5.88. The second kappa shape index (κ2) is 4.57. The van der Waals surface area contributed by atoms with E-state index in [4.69, 9.17) is 5.11 Å². The van der Waals surface area contributed by atoms with Gasteiger partial charge in [0.05, 0.1) is 16.6 Å². The highest BCUT2D eigenvalue weighted by Crippen LogP contribution is 2.23. The number of carboxylic acid groups (broad SMARTS) is 1. The average Bonchev–Trinajstić information content (AvgIpc) is 2.72. The van der Waals surface area contributed by atoms with Crippen LogP contribution < -0.4 is 0 Å². The maximum Gasteiger partial charge on any atom is 0.335 e. The number of carbonyl (C=O) groups is 1. The number of imidazole rings is 1. The lowest BCUT2D eigenvalue weighted by Gasteiger charge is -2.07. The average molecular weight is 232 g/mol. The van der Waals surface area contributed by atoms with E-state index in [-0.39, 0.29) is 5.56 Å². The third-order valence-electron chi connectivity index (χ3n) is 3.12. The van der Waals surface area contributed by atoms with Crippen LogP contribution in [0.2, 0.25) is 0 Å². The molecule has 90 valence electrons. The summed E-state index contributed by atoms with van der Waals surface area (Å²) in [7, 11) is 0. The van der Waals surface area contributed by atoms with Crippen LogP contribution in [0.1, 0.15) is 48.8 Å². The Labute approximate surface area is 99.7 Å². The summed E-state index contributed by atoms with van der Waals surface area (Å²) >= 11 is 0. The zero-order valence-corrected chi connectivity index (χ0v) is 10.0. The van der Waals surface area contributed by atoms with Crippen LogP contribution in [0.3, 0.4) is 0 Å². The first kappa shape index (κ1) is 11.6. The van der Waals surface area contributed by atoms with Crippen LogP contribution in [0.15, 0.2) is 18.2 Å². The number of nitrogens with one attached hydrogen (secondary N) is 1. The molecule has 0 spiro atoms. The Bertz CT molecular complexity index is 541. The molecule has 0 atom stereocenters. The van der Waals surface area contributed by atoms with Crippen LogP contribution in [0, 0.1) is 0 Å². The Balaban J connectivity index is 2.46. The van der Waals surface area contributed by atoms with Crippen molar-refractivity contribution in [2.75, 3.05) is 0 Å². The molecule has 2 rings (SSSR count). The summed E-state index contributed by atoms with van der Waals surface area (Å²) in [5.41, 5.74) is 1.92. The zero-order valence-electron chi connectivity index (χ0n) is 10.0. The van der Waals surface area contributed by atoms with E-state index in [1.807, 2.05) is 0 Å². The molecule has 2 aromatic rings. The van der Waals surface area contributed by atoms with Crippen LogP contribution in [-0.2, 0) is 0 Å². The molecule has 1 aromatic carbocycles. The van der Waals surface area contributed by atoms with E-state index in [0.717, 1.165) is 29.7 Å². The number of benzene rings is 1. The lowest BCUT2D eigenvalue weighted by molar-refractivity contribution is 0.0697. The molecule has 1 heterocycles. The highest BCUT2D eigenvalue weighted by atomic mass is 16.4. The Morgan fingerprint density at radius 3 is 2.71 bits per heavy atom. The quantitative estimate of drug-likeness (QED) is 0.850. The summed E-state index contributed by atoms with van der Waals surface area (Å²) in [5.74, 6) is 0.453. The van der Waals surface area contributed by atoms with Crippen LogP contribution in [-0.4, -0.2) is 21.0 Å². The number of fused-ring (bicyclic) bond motifs is 1. The Morgan fingerprint density at radius 2 is 2.12 bits per heavy atom. The van der Waals surface area contributed by atoms with E-state index in [2.05, 4.69) is 23.8 Å². The summed E-state index contributed by atoms with van der Waals surface area (Å²) in [5, 5.41) is 8.92. The molecule has 0 saturated heterocycles. The van der Waals surface area contributed by atoms with Gasteiger partial charge in [-0.15, -0.1) is 0 Å². The monoisotopic (exact) mass is 232 g/mol. The molecule has 0 amide bonds. The minimum Gasteiger partial charge on any atom is -0.478 e. The van der Waals surface area contributed by atoms with Gasteiger partial charge in [-0.3, -0.25) is 0 Å². The van der Waals surface area contributed by atoms with Crippen molar-refractivity contribution in [2.24, 2.45) is 0 Å². The van der Waals surface area contributed by atoms with E-state index in [9.17, 15) is 4.79 Å². The largest absolute Gasteiger partial charge is 0.478 e. The van der Waals surface area contributed by atoms with E-state index in [1.165, 1.54) is 0 Å². The highest BCUT2D eigenvalue weighted by Gasteiger charge is 2.13. The van der Waals surface area contributed by atoms with E-state index in [1.54, 1.807) is 18.2 Å². The smallest absolute Gasteiger partial charge is 0.335 e. The fourth-order valence-corrected chi connectivity index (χ4v) is 2.03. The topological polar surface area (TPSA) is 66.0 Å². The van der Waals surface area contributed by atoms with Gasteiger partial charge < -0.3 is 10.1 Å². The minimum absolute atomic E-state index is 0.289. The van der Waals surface area contributed by atoms with Gasteiger partial charge in [0.2, 0.25) is 0 Å². The summed E-state index contributed by atoms with van der Waals surface area (Å²) < 4.78 is 0. The second-order valence-corrected chi connectivity index (χ2v) is 4.17. The third-order valence-corrected chi connectivity index (χ3v) is 3.12. The molecule has 0 fully saturated rings. The second-order valence-electron chi connectivity index (χ2n) is 4.17. The molecule has 4 heteroatoms. The maximum atomic E-state index is 10.9. The van der Waals surface area contributed by atoms with Gasteiger partial charge in [-0.2, -0.15) is 0 Å². The van der Waals surface area contributed by atoms with Crippen LogP contribution >= 0.6 is 0 Å². The van der Waals surface area contributed by atoms with Crippen molar-refractivity contribution in [2.45, 2.75) is 32.6 Å². The molecule has 0 unspecified atom stereocenters. The van der Waals surface area contributed by atoms with Gasteiger partial charge in [0, 0.05) is 5.92 Å². The molecule has 0 saturated carbocycles. The molecular formula is C13H16N2O2. The summed E-state index contributed by atoms with van der Waals surface area (Å²) in [6, 6.07) is 4.97. The first-order valence-corrected chi connectivity index (χ1v) is 5.88. The Morgan fingerprint density at radius 1 is 1.41 bits per heavy atom. The van der Waals surface area contributed by atoms with E-state index >= 15 is 0 Å². The van der Waals surface area contributed by atoms with Crippen molar-refractivity contribution in [1.82, 2.24) is 9.97 Å². The number of aromatic nitrogens is 2. The lowest BCUT2D eigenvalue weighted by Crippen LogP contribution is -1.97.